The number of phenolic OH excluding ortho intramolecular Hbond substituents is 1. The largest absolute Gasteiger partial charge is 0.508 e. The summed E-state index contributed by atoms with van der Waals surface area (Å²) in [4.78, 5) is 11.4. The number of hydrogen-bond donors (Lipinski definition) is 1. The van der Waals surface area contributed by atoms with Gasteiger partial charge in [-0.05, 0) is 41.3 Å². The molecular weight excluding hydrogens is 240 g/mol. The molecule has 0 aliphatic heterocycles. The molecule has 3 nitrogen and oxygen atoms in total. The number of esters is 1. The Morgan fingerprint density at radius 1 is 1.16 bits per heavy atom. The lowest BCUT2D eigenvalue weighted by atomic mass is 9.95. The number of rotatable bonds is 3. The van der Waals surface area contributed by atoms with Crippen LogP contribution < -0.4 is 0 Å². The minimum absolute atomic E-state index is 0.243. The van der Waals surface area contributed by atoms with E-state index in [0.717, 1.165) is 22.3 Å². The van der Waals surface area contributed by atoms with Crippen molar-refractivity contribution in [1.82, 2.24) is 0 Å². The number of carbonyl (C=O) groups is 1. The van der Waals surface area contributed by atoms with Crippen molar-refractivity contribution >= 4 is 5.97 Å². The number of phenols is 1. The first kappa shape index (κ1) is 13.1. The standard InChI is InChI=1S/C16H16O3/c1-11-13(10-16(18)19-2)4-3-5-15(11)12-6-8-14(17)9-7-12/h3-9,17H,10H2,1-2H3. The van der Waals surface area contributed by atoms with Gasteiger partial charge in [0, 0.05) is 0 Å². The molecule has 0 aromatic heterocycles. The smallest absolute Gasteiger partial charge is 0.309 e. The first-order chi connectivity index (χ1) is 9.11. The molecule has 1 N–H and O–H groups in total. The molecule has 0 saturated heterocycles. The van der Waals surface area contributed by atoms with E-state index in [0.29, 0.717) is 0 Å². The molecule has 19 heavy (non-hydrogen) atoms. The Balaban J connectivity index is 2.39. The fourth-order valence-electron chi connectivity index (χ4n) is 2.06. The number of methoxy groups -OCH3 is 1. The maximum atomic E-state index is 11.4. The predicted molar refractivity (Wildman–Crippen MR) is 74.0 cm³/mol. The van der Waals surface area contributed by atoms with Gasteiger partial charge in [0.1, 0.15) is 5.75 Å². The van der Waals surface area contributed by atoms with Gasteiger partial charge in [-0.25, -0.2) is 0 Å². The van der Waals surface area contributed by atoms with Gasteiger partial charge in [-0.1, -0.05) is 30.3 Å². The van der Waals surface area contributed by atoms with Crippen LogP contribution in [0.25, 0.3) is 11.1 Å². The Labute approximate surface area is 112 Å². The van der Waals surface area contributed by atoms with E-state index < -0.39 is 0 Å². The van der Waals surface area contributed by atoms with Crippen molar-refractivity contribution in [2.24, 2.45) is 0 Å². The lowest BCUT2D eigenvalue weighted by molar-refractivity contribution is -0.139. The Hall–Kier alpha value is -2.29. The summed E-state index contributed by atoms with van der Waals surface area (Å²) in [6.45, 7) is 1.99. The van der Waals surface area contributed by atoms with E-state index >= 15 is 0 Å². The van der Waals surface area contributed by atoms with Crippen LogP contribution in [0.4, 0.5) is 0 Å². The van der Waals surface area contributed by atoms with Crippen molar-refractivity contribution in [2.75, 3.05) is 7.11 Å². The molecule has 0 spiro atoms. The summed E-state index contributed by atoms with van der Waals surface area (Å²) in [5.74, 6) is -0.00178. The van der Waals surface area contributed by atoms with Crippen LogP contribution in [-0.2, 0) is 16.0 Å². The van der Waals surface area contributed by atoms with Crippen molar-refractivity contribution < 1.29 is 14.6 Å². The second-order valence-electron chi connectivity index (χ2n) is 4.39. The summed E-state index contributed by atoms with van der Waals surface area (Å²) in [7, 11) is 1.39. The second-order valence-corrected chi connectivity index (χ2v) is 4.39. The van der Waals surface area contributed by atoms with Gasteiger partial charge in [0.25, 0.3) is 0 Å². The lowest BCUT2D eigenvalue weighted by Crippen LogP contribution is -2.06. The topological polar surface area (TPSA) is 46.5 Å². The Morgan fingerprint density at radius 3 is 2.47 bits per heavy atom. The van der Waals surface area contributed by atoms with Crippen molar-refractivity contribution in [3.8, 4) is 16.9 Å². The van der Waals surface area contributed by atoms with Crippen molar-refractivity contribution in [1.29, 1.82) is 0 Å². The van der Waals surface area contributed by atoms with E-state index in [4.69, 9.17) is 4.74 Å². The molecule has 0 amide bonds. The van der Waals surface area contributed by atoms with E-state index in [1.54, 1.807) is 12.1 Å². The fourth-order valence-corrected chi connectivity index (χ4v) is 2.06. The molecule has 0 fully saturated rings. The Morgan fingerprint density at radius 2 is 1.84 bits per heavy atom. The molecular formula is C16H16O3. The summed E-state index contributed by atoms with van der Waals surface area (Å²) in [6.07, 6.45) is 0.272. The van der Waals surface area contributed by atoms with E-state index in [1.165, 1.54) is 7.11 Å². The van der Waals surface area contributed by atoms with Gasteiger partial charge in [-0.3, -0.25) is 4.79 Å². The molecule has 2 aromatic carbocycles. The van der Waals surface area contributed by atoms with Crippen LogP contribution in [0.15, 0.2) is 42.5 Å². The van der Waals surface area contributed by atoms with Gasteiger partial charge in [-0.2, -0.15) is 0 Å². The average Bonchev–Trinajstić information content (AvgIpc) is 2.42. The highest BCUT2D eigenvalue weighted by atomic mass is 16.5. The zero-order chi connectivity index (χ0) is 13.8. The van der Waals surface area contributed by atoms with Gasteiger partial charge in [0.15, 0.2) is 0 Å². The normalized spacial score (nSPS) is 10.2. The van der Waals surface area contributed by atoms with E-state index in [2.05, 4.69) is 0 Å². The van der Waals surface area contributed by atoms with Crippen LogP contribution in [0.1, 0.15) is 11.1 Å². The average molecular weight is 256 g/mol. The molecule has 2 rings (SSSR count). The van der Waals surface area contributed by atoms with Crippen LogP contribution in [0.3, 0.4) is 0 Å². The van der Waals surface area contributed by atoms with Crippen LogP contribution in [0.5, 0.6) is 5.75 Å². The van der Waals surface area contributed by atoms with Gasteiger partial charge < -0.3 is 9.84 Å². The molecule has 3 heteroatoms. The summed E-state index contributed by atoms with van der Waals surface area (Å²) in [5, 5.41) is 9.32. The lowest BCUT2D eigenvalue weighted by Gasteiger charge is -2.11. The fraction of sp³-hybridized carbons (Fsp3) is 0.188. The first-order valence-corrected chi connectivity index (χ1v) is 6.06. The zero-order valence-corrected chi connectivity index (χ0v) is 11.0. The first-order valence-electron chi connectivity index (χ1n) is 6.06. The van der Waals surface area contributed by atoms with Gasteiger partial charge in [-0.15, -0.1) is 0 Å². The molecule has 0 saturated carbocycles. The molecule has 0 atom stereocenters. The molecule has 0 unspecified atom stereocenters. The van der Waals surface area contributed by atoms with Crippen molar-refractivity contribution in [3.63, 3.8) is 0 Å². The van der Waals surface area contributed by atoms with Crippen LogP contribution in [0.2, 0.25) is 0 Å². The maximum Gasteiger partial charge on any atom is 0.309 e. The summed E-state index contributed by atoms with van der Waals surface area (Å²) < 4.78 is 4.70. The highest BCUT2D eigenvalue weighted by Gasteiger charge is 2.09. The Bertz CT molecular complexity index is 585. The number of carbonyl (C=O) groups excluding carboxylic acids is 1. The molecule has 2 aromatic rings. The third kappa shape index (κ3) is 2.94. The number of ether oxygens (including phenoxy) is 1. The van der Waals surface area contributed by atoms with E-state index in [9.17, 15) is 9.90 Å². The van der Waals surface area contributed by atoms with Gasteiger partial charge in [0.05, 0.1) is 13.5 Å². The molecule has 0 heterocycles. The van der Waals surface area contributed by atoms with Gasteiger partial charge in [0.2, 0.25) is 0 Å². The third-order valence-electron chi connectivity index (χ3n) is 3.19. The third-order valence-corrected chi connectivity index (χ3v) is 3.19. The minimum atomic E-state index is -0.244. The minimum Gasteiger partial charge on any atom is -0.508 e. The van der Waals surface area contributed by atoms with Crippen molar-refractivity contribution in [3.05, 3.63) is 53.6 Å². The summed E-state index contributed by atoms with van der Waals surface area (Å²) in [6, 6.07) is 12.9. The van der Waals surface area contributed by atoms with E-state index in [-0.39, 0.29) is 18.1 Å². The van der Waals surface area contributed by atoms with Crippen molar-refractivity contribution in [2.45, 2.75) is 13.3 Å². The molecule has 0 aliphatic rings. The Kier molecular flexibility index (Phi) is 3.85. The van der Waals surface area contributed by atoms with Crippen LogP contribution in [0, 0.1) is 6.92 Å². The SMILES string of the molecule is COC(=O)Cc1cccc(-c2ccc(O)cc2)c1C. The second kappa shape index (κ2) is 5.57. The molecule has 98 valence electrons. The number of hydrogen-bond acceptors (Lipinski definition) is 3. The highest BCUT2D eigenvalue weighted by Crippen LogP contribution is 2.27. The maximum absolute atomic E-state index is 11.4. The quantitative estimate of drug-likeness (QED) is 0.858. The monoisotopic (exact) mass is 256 g/mol. The van der Waals surface area contributed by atoms with Gasteiger partial charge >= 0.3 is 5.97 Å². The highest BCUT2D eigenvalue weighted by molar-refractivity contribution is 5.76. The molecule has 0 bridgehead atoms. The predicted octanol–water partition coefficient (Wildman–Crippen LogP) is 3.08. The number of aromatic hydroxyl groups is 1. The van der Waals surface area contributed by atoms with Crippen LogP contribution in [-0.4, -0.2) is 18.2 Å². The molecule has 0 radical (unpaired) electrons. The molecule has 0 aliphatic carbocycles. The van der Waals surface area contributed by atoms with Crippen LogP contribution >= 0.6 is 0 Å². The zero-order valence-electron chi connectivity index (χ0n) is 11.0. The van der Waals surface area contributed by atoms with E-state index in [1.807, 2.05) is 37.3 Å². The summed E-state index contributed by atoms with van der Waals surface area (Å²) >= 11 is 0. The number of benzene rings is 2. The summed E-state index contributed by atoms with van der Waals surface area (Å²) in [5.41, 5.74) is 4.08.